The summed E-state index contributed by atoms with van der Waals surface area (Å²) in [7, 11) is 0. The quantitative estimate of drug-likeness (QED) is 0.879. The summed E-state index contributed by atoms with van der Waals surface area (Å²) < 4.78 is 5.21. The smallest absolute Gasteiger partial charge is 0.324 e. The minimum atomic E-state index is -0.771. The Morgan fingerprint density at radius 3 is 2.84 bits per heavy atom. The molecule has 0 radical (unpaired) electrons. The molecule has 1 unspecified atom stereocenters. The molecule has 1 saturated heterocycles. The molecule has 0 saturated carbocycles. The zero-order valence-corrected chi connectivity index (χ0v) is 11.7. The van der Waals surface area contributed by atoms with E-state index in [1.54, 1.807) is 0 Å². The third kappa shape index (κ3) is 2.49. The van der Waals surface area contributed by atoms with E-state index in [1.807, 2.05) is 25.7 Å². The van der Waals surface area contributed by atoms with E-state index in [9.17, 15) is 9.90 Å². The molecule has 1 atom stereocenters. The summed E-state index contributed by atoms with van der Waals surface area (Å²) in [6.07, 6.45) is 2.17. The van der Waals surface area contributed by atoms with Crippen molar-refractivity contribution in [1.82, 2.24) is 15.0 Å². The molecule has 1 fully saturated rings. The van der Waals surface area contributed by atoms with Crippen LogP contribution in [0.1, 0.15) is 57.7 Å². The number of likely N-dealkylation sites (tertiary alicyclic amines) is 1. The summed E-state index contributed by atoms with van der Waals surface area (Å²) in [6, 6.07) is 0. The number of carboxylic acid groups (broad SMARTS) is 1. The molecule has 0 aromatic carbocycles. The first kappa shape index (κ1) is 14.0. The lowest BCUT2D eigenvalue weighted by atomic mass is 9.93. The van der Waals surface area contributed by atoms with Crippen molar-refractivity contribution in [3.8, 4) is 0 Å². The Balaban J connectivity index is 2.14. The molecule has 2 heterocycles. The average Bonchev–Trinajstić information content (AvgIpc) is 2.96. The van der Waals surface area contributed by atoms with Crippen molar-refractivity contribution >= 4 is 5.97 Å². The van der Waals surface area contributed by atoms with Gasteiger partial charge in [0.05, 0.1) is 6.54 Å². The Morgan fingerprint density at radius 1 is 1.58 bits per heavy atom. The third-order valence-corrected chi connectivity index (χ3v) is 3.93. The van der Waals surface area contributed by atoms with Crippen LogP contribution in [0.3, 0.4) is 0 Å². The highest BCUT2D eigenvalue weighted by Crippen LogP contribution is 2.33. The number of aromatic nitrogens is 2. The van der Waals surface area contributed by atoms with Gasteiger partial charge in [-0.2, -0.15) is 4.98 Å². The van der Waals surface area contributed by atoms with Crippen molar-refractivity contribution in [3.63, 3.8) is 0 Å². The van der Waals surface area contributed by atoms with Gasteiger partial charge in [-0.15, -0.1) is 0 Å². The van der Waals surface area contributed by atoms with Gasteiger partial charge in [-0.3, -0.25) is 9.69 Å². The first-order chi connectivity index (χ1) is 8.99. The molecule has 0 aliphatic carbocycles. The van der Waals surface area contributed by atoms with Crippen LogP contribution in [0.5, 0.6) is 0 Å². The van der Waals surface area contributed by atoms with Gasteiger partial charge in [0.25, 0.3) is 0 Å². The van der Waals surface area contributed by atoms with Gasteiger partial charge in [0.2, 0.25) is 5.89 Å². The van der Waals surface area contributed by atoms with Crippen LogP contribution in [0, 0.1) is 0 Å². The van der Waals surface area contributed by atoms with Gasteiger partial charge >= 0.3 is 5.97 Å². The SMILES string of the molecule is CCC1(C(=O)O)CCCN1Cc1nc(C(C)C)no1. The molecular formula is C13H21N3O3. The van der Waals surface area contributed by atoms with Gasteiger partial charge in [0, 0.05) is 5.92 Å². The van der Waals surface area contributed by atoms with Crippen molar-refractivity contribution in [3.05, 3.63) is 11.7 Å². The van der Waals surface area contributed by atoms with Crippen molar-refractivity contribution in [2.24, 2.45) is 0 Å². The van der Waals surface area contributed by atoms with Crippen LogP contribution in [0.15, 0.2) is 4.52 Å². The van der Waals surface area contributed by atoms with Gasteiger partial charge in [0.15, 0.2) is 5.82 Å². The van der Waals surface area contributed by atoms with Crippen molar-refractivity contribution in [2.75, 3.05) is 6.54 Å². The first-order valence-electron chi connectivity index (χ1n) is 6.80. The topological polar surface area (TPSA) is 79.5 Å². The van der Waals surface area contributed by atoms with Crippen molar-refractivity contribution < 1.29 is 14.4 Å². The summed E-state index contributed by atoms with van der Waals surface area (Å²) >= 11 is 0. The highest BCUT2D eigenvalue weighted by molar-refractivity contribution is 5.79. The third-order valence-electron chi connectivity index (χ3n) is 3.93. The maximum atomic E-state index is 11.6. The summed E-state index contributed by atoms with van der Waals surface area (Å²) in [6.45, 7) is 7.09. The molecule has 1 aromatic heterocycles. The second-order valence-electron chi connectivity index (χ2n) is 5.42. The number of carbonyl (C=O) groups is 1. The molecule has 1 aliphatic heterocycles. The minimum absolute atomic E-state index is 0.214. The molecule has 19 heavy (non-hydrogen) atoms. The fourth-order valence-corrected chi connectivity index (χ4v) is 2.69. The van der Waals surface area contributed by atoms with Crippen LogP contribution in [-0.4, -0.2) is 38.2 Å². The van der Waals surface area contributed by atoms with Crippen LogP contribution in [0.25, 0.3) is 0 Å². The Bertz CT molecular complexity index is 458. The van der Waals surface area contributed by atoms with Gasteiger partial charge in [-0.05, 0) is 25.8 Å². The van der Waals surface area contributed by atoms with Crippen LogP contribution < -0.4 is 0 Å². The number of rotatable bonds is 5. The molecule has 1 aliphatic rings. The molecular weight excluding hydrogens is 246 g/mol. The highest BCUT2D eigenvalue weighted by Gasteiger charge is 2.46. The Hall–Kier alpha value is -1.43. The summed E-state index contributed by atoms with van der Waals surface area (Å²) in [4.78, 5) is 17.8. The minimum Gasteiger partial charge on any atom is -0.480 e. The maximum Gasteiger partial charge on any atom is 0.324 e. The lowest BCUT2D eigenvalue weighted by molar-refractivity contribution is -0.150. The molecule has 0 spiro atoms. The molecule has 106 valence electrons. The van der Waals surface area contributed by atoms with Crippen LogP contribution in [0.4, 0.5) is 0 Å². The van der Waals surface area contributed by atoms with Crippen LogP contribution in [-0.2, 0) is 11.3 Å². The van der Waals surface area contributed by atoms with E-state index in [0.717, 1.165) is 13.0 Å². The zero-order valence-electron chi connectivity index (χ0n) is 11.7. The van der Waals surface area contributed by atoms with Crippen LogP contribution in [0.2, 0.25) is 0 Å². The van der Waals surface area contributed by atoms with E-state index < -0.39 is 11.5 Å². The first-order valence-corrected chi connectivity index (χ1v) is 6.80. The normalized spacial score (nSPS) is 24.2. The molecule has 1 N–H and O–H groups in total. The zero-order chi connectivity index (χ0) is 14.0. The van der Waals surface area contributed by atoms with E-state index >= 15 is 0 Å². The highest BCUT2D eigenvalue weighted by atomic mass is 16.5. The molecule has 0 bridgehead atoms. The number of nitrogens with zero attached hydrogens (tertiary/aromatic N) is 3. The van der Waals surface area contributed by atoms with E-state index in [4.69, 9.17) is 4.52 Å². The molecule has 1 aromatic rings. The molecule has 6 heteroatoms. The van der Waals surface area contributed by atoms with Crippen LogP contribution >= 0.6 is 0 Å². The largest absolute Gasteiger partial charge is 0.480 e. The second-order valence-corrected chi connectivity index (χ2v) is 5.42. The molecule has 0 amide bonds. The van der Waals surface area contributed by atoms with Gasteiger partial charge < -0.3 is 9.63 Å². The number of aliphatic carboxylic acids is 1. The number of hydrogen-bond donors (Lipinski definition) is 1. The van der Waals surface area contributed by atoms with Gasteiger partial charge in [-0.1, -0.05) is 25.9 Å². The number of hydrogen-bond acceptors (Lipinski definition) is 5. The fraction of sp³-hybridized carbons (Fsp3) is 0.769. The average molecular weight is 267 g/mol. The number of carboxylic acids is 1. The molecule has 6 nitrogen and oxygen atoms in total. The van der Waals surface area contributed by atoms with E-state index in [2.05, 4.69) is 10.1 Å². The van der Waals surface area contributed by atoms with E-state index in [-0.39, 0.29) is 5.92 Å². The monoisotopic (exact) mass is 267 g/mol. The Labute approximate surface area is 112 Å². The lowest BCUT2D eigenvalue weighted by Gasteiger charge is -2.32. The maximum absolute atomic E-state index is 11.6. The van der Waals surface area contributed by atoms with E-state index in [0.29, 0.717) is 31.1 Å². The fourth-order valence-electron chi connectivity index (χ4n) is 2.69. The van der Waals surface area contributed by atoms with Gasteiger partial charge in [0.1, 0.15) is 5.54 Å². The van der Waals surface area contributed by atoms with Crippen molar-refractivity contribution in [2.45, 2.75) is 58.0 Å². The Kier molecular flexibility index (Phi) is 3.89. The summed E-state index contributed by atoms with van der Waals surface area (Å²) in [5.41, 5.74) is -0.771. The second kappa shape index (κ2) is 5.28. The van der Waals surface area contributed by atoms with E-state index in [1.165, 1.54) is 0 Å². The van der Waals surface area contributed by atoms with Gasteiger partial charge in [-0.25, -0.2) is 0 Å². The predicted octanol–water partition coefficient (Wildman–Crippen LogP) is 2.02. The predicted molar refractivity (Wildman–Crippen MR) is 68.7 cm³/mol. The summed E-state index contributed by atoms with van der Waals surface area (Å²) in [5.74, 6) is 0.638. The van der Waals surface area contributed by atoms with Crippen molar-refractivity contribution in [1.29, 1.82) is 0 Å². The lowest BCUT2D eigenvalue weighted by Crippen LogP contribution is -2.49. The molecule has 2 rings (SSSR count). The Morgan fingerprint density at radius 2 is 2.32 bits per heavy atom. The summed E-state index contributed by atoms with van der Waals surface area (Å²) in [5, 5.41) is 13.4. The standard InChI is InChI=1S/C13H21N3O3/c1-4-13(12(17)18)6-5-7-16(13)8-10-14-11(9(2)3)15-19-10/h9H,4-8H2,1-3H3,(H,17,18).